The first-order valence-electron chi connectivity index (χ1n) is 6.68. The van der Waals surface area contributed by atoms with Crippen molar-refractivity contribution in [1.29, 1.82) is 0 Å². The molecule has 1 aliphatic rings. The van der Waals surface area contributed by atoms with Crippen LogP contribution in [0.2, 0.25) is 0 Å². The Labute approximate surface area is 114 Å². The highest BCUT2D eigenvalue weighted by molar-refractivity contribution is 6.01. The van der Waals surface area contributed by atoms with Crippen LogP contribution in [0.25, 0.3) is 0 Å². The van der Waals surface area contributed by atoms with Crippen molar-refractivity contribution in [2.45, 2.75) is 26.7 Å². The van der Waals surface area contributed by atoms with Crippen LogP contribution in [0.4, 0.5) is 5.69 Å². The number of hydrogen-bond donors (Lipinski definition) is 0. The van der Waals surface area contributed by atoms with E-state index in [1.165, 1.54) is 4.90 Å². The van der Waals surface area contributed by atoms with E-state index in [-0.39, 0.29) is 11.8 Å². The van der Waals surface area contributed by atoms with Crippen LogP contribution in [-0.2, 0) is 9.59 Å². The maximum absolute atomic E-state index is 11.6. The summed E-state index contributed by atoms with van der Waals surface area (Å²) in [7, 11) is 0. The Balaban J connectivity index is 2.00. The van der Waals surface area contributed by atoms with Gasteiger partial charge in [0.25, 0.3) is 0 Å². The number of rotatable bonds is 5. The van der Waals surface area contributed by atoms with Crippen LogP contribution < -0.4 is 4.90 Å². The van der Waals surface area contributed by atoms with Gasteiger partial charge in [-0.05, 0) is 37.6 Å². The second-order valence-electron chi connectivity index (χ2n) is 4.75. The second kappa shape index (κ2) is 5.87. The van der Waals surface area contributed by atoms with Gasteiger partial charge in [0.15, 0.2) is 0 Å². The first-order valence-corrected chi connectivity index (χ1v) is 6.68. The minimum Gasteiger partial charge on any atom is -0.370 e. The van der Waals surface area contributed by atoms with Crippen LogP contribution in [-0.4, -0.2) is 36.3 Å². The number of aryl methyl sites for hydroxylation is 1. The van der Waals surface area contributed by atoms with E-state index in [0.717, 1.165) is 17.8 Å². The molecule has 4 nitrogen and oxygen atoms in total. The van der Waals surface area contributed by atoms with Crippen LogP contribution >= 0.6 is 0 Å². The molecule has 2 amide bonds. The van der Waals surface area contributed by atoms with Gasteiger partial charge in [-0.15, -0.1) is 0 Å². The Morgan fingerprint density at radius 1 is 1.32 bits per heavy atom. The highest BCUT2D eigenvalue weighted by atomic mass is 16.2. The van der Waals surface area contributed by atoms with Gasteiger partial charge in [0, 0.05) is 38.2 Å². The third kappa shape index (κ3) is 3.13. The highest BCUT2D eigenvalue weighted by Crippen LogP contribution is 2.16. The van der Waals surface area contributed by atoms with Gasteiger partial charge in [-0.2, -0.15) is 0 Å². The van der Waals surface area contributed by atoms with Gasteiger partial charge >= 0.3 is 0 Å². The summed E-state index contributed by atoms with van der Waals surface area (Å²) in [5, 5.41) is 0. The van der Waals surface area contributed by atoms with Crippen LogP contribution in [0.5, 0.6) is 0 Å². The van der Waals surface area contributed by atoms with Crippen molar-refractivity contribution in [2.75, 3.05) is 24.5 Å². The van der Waals surface area contributed by atoms with Crippen molar-refractivity contribution in [3.05, 3.63) is 29.8 Å². The van der Waals surface area contributed by atoms with Crippen LogP contribution in [0, 0.1) is 13.0 Å². The lowest BCUT2D eigenvalue weighted by atomic mass is 10.2. The fraction of sp³-hybridized carbons (Fsp3) is 0.467. The Kier molecular flexibility index (Phi) is 4.20. The average molecular weight is 259 g/mol. The van der Waals surface area contributed by atoms with Crippen molar-refractivity contribution in [2.24, 2.45) is 0 Å². The molecule has 1 aliphatic heterocycles. The predicted molar refractivity (Wildman–Crippen MR) is 73.9 cm³/mol. The van der Waals surface area contributed by atoms with Crippen molar-refractivity contribution in [3.63, 3.8) is 0 Å². The molecule has 0 aliphatic carbocycles. The third-order valence-electron chi connectivity index (χ3n) is 3.42. The van der Waals surface area contributed by atoms with Crippen molar-refractivity contribution in [1.82, 2.24) is 4.90 Å². The smallest absolute Gasteiger partial charge is 0.229 e. The Hall–Kier alpha value is -1.84. The molecule has 0 bridgehead atoms. The summed E-state index contributed by atoms with van der Waals surface area (Å²) in [5.41, 5.74) is 2.20. The van der Waals surface area contributed by atoms with Crippen LogP contribution in [0.3, 0.4) is 0 Å². The van der Waals surface area contributed by atoms with Gasteiger partial charge in [-0.25, -0.2) is 0 Å². The van der Waals surface area contributed by atoms with E-state index in [9.17, 15) is 9.59 Å². The van der Waals surface area contributed by atoms with E-state index >= 15 is 0 Å². The number of anilines is 1. The Morgan fingerprint density at radius 3 is 2.58 bits per heavy atom. The van der Waals surface area contributed by atoms with E-state index in [1.807, 2.05) is 19.1 Å². The molecule has 0 atom stereocenters. The molecule has 0 spiro atoms. The molecule has 1 fully saturated rings. The van der Waals surface area contributed by atoms with E-state index < -0.39 is 0 Å². The summed E-state index contributed by atoms with van der Waals surface area (Å²) in [4.78, 5) is 26.7. The predicted octanol–water partition coefficient (Wildman–Crippen LogP) is 1.77. The summed E-state index contributed by atoms with van der Waals surface area (Å²) < 4.78 is 0. The molecule has 0 aromatic heterocycles. The summed E-state index contributed by atoms with van der Waals surface area (Å²) >= 11 is 0. The lowest BCUT2D eigenvalue weighted by molar-refractivity contribution is -0.138. The molecule has 0 unspecified atom stereocenters. The quantitative estimate of drug-likeness (QED) is 0.757. The topological polar surface area (TPSA) is 40.6 Å². The maximum atomic E-state index is 11.6. The molecular formula is C15H19N2O2. The first-order chi connectivity index (χ1) is 9.11. The second-order valence-corrected chi connectivity index (χ2v) is 4.75. The lowest BCUT2D eigenvalue weighted by Crippen LogP contribution is -2.38. The van der Waals surface area contributed by atoms with Crippen molar-refractivity contribution >= 4 is 17.5 Å². The number of hydrogen-bond acceptors (Lipinski definition) is 3. The van der Waals surface area contributed by atoms with Gasteiger partial charge in [0.05, 0.1) is 0 Å². The number of imide groups is 1. The molecule has 101 valence electrons. The summed E-state index contributed by atoms with van der Waals surface area (Å²) in [6, 6.07) is 9.09. The summed E-state index contributed by atoms with van der Waals surface area (Å²) in [6.45, 7) is 6.07. The molecule has 1 heterocycles. The Morgan fingerprint density at radius 2 is 2.00 bits per heavy atom. The number of amides is 2. The number of carbonyl (C=O) groups is 2. The highest BCUT2D eigenvalue weighted by Gasteiger charge is 2.28. The molecule has 2 rings (SSSR count). The van der Waals surface area contributed by atoms with Gasteiger partial charge in [-0.1, -0.05) is 6.07 Å². The van der Waals surface area contributed by atoms with Gasteiger partial charge in [-0.3, -0.25) is 14.5 Å². The van der Waals surface area contributed by atoms with E-state index in [1.54, 1.807) is 0 Å². The Bertz CT molecular complexity index is 469. The van der Waals surface area contributed by atoms with Crippen LogP contribution in [0.1, 0.15) is 25.3 Å². The molecule has 0 N–H and O–H groups in total. The van der Waals surface area contributed by atoms with Crippen LogP contribution in [0.15, 0.2) is 18.2 Å². The minimum absolute atomic E-state index is 0.0429. The number of nitrogens with zero attached hydrogens (tertiary/aromatic N) is 2. The standard InChI is InChI=1S/C15H19N2O2/c1-3-16(13-6-4-5-12(2)11-13)9-10-17-14(18)7-8-15(17)19/h4,6,11H,3,7-10H2,1-2H3. The molecule has 1 saturated heterocycles. The average Bonchev–Trinajstić information content (AvgIpc) is 2.71. The number of likely N-dealkylation sites (N-methyl/N-ethyl adjacent to an activating group) is 1. The monoisotopic (exact) mass is 259 g/mol. The number of likely N-dealkylation sites (tertiary alicyclic amines) is 1. The van der Waals surface area contributed by atoms with E-state index in [0.29, 0.717) is 25.9 Å². The zero-order valence-electron chi connectivity index (χ0n) is 11.5. The minimum atomic E-state index is -0.0429. The fourth-order valence-electron chi connectivity index (χ4n) is 2.33. The molecule has 19 heavy (non-hydrogen) atoms. The third-order valence-corrected chi connectivity index (χ3v) is 3.42. The largest absolute Gasteiger partial charge is 0.370 e. The molecular weight excluding hydrogens is 240 g/mol. The lowest BCUT2D eigenvalue weighted by Gasteiger charge is -2.25. The summed E-state index contributed by atoms with van der Waals surface area (Å²) in [6.07, 6.45) is 0.731. The summed E-state index contributed by atoms with van der Waals surface area (Å²) in [5.74, 6) is -0.0859. The normalized spacial score (nSPS) is 15.2. The SMILES string of the molecule is CCN(CCN1C(=O)CCC1=O)c1cc[c]c(C)c1. The zero-order valence-corrected chi connectivity index (χ0v) is 11.5. The van der Waals surface area contributed by atoms with Gasteiger partial charge in [0.2, 0.25) is 11.8 Å². The molecule has 0 saturated carbocycles. The van der Waals surface area contributed by atoms with E-state index in [2.05, 4.69) is 24.0 Å². The number of benzene rings is 1. The molecule has 4 heteroatoms. The van der Waals surface area contributed by atoms with Crippen molar-refractivity contribution < 1.29 is 9.59 Å². The molecule has 1 aromatic carbocycles. The number of carbonyl (C=O) groups excluding carboxylic acids is 2. The van der Waals surface area contributed by atoms with Gasteiger partial charge in [0.1, 0.15) is 0 Å². The zero-order chi connectivity index (χ0) is 13.8. The van der Waals surface area contributed by atoms with Gasteiger partial charge < -0.3 is 4.90 Å². The van der Waals surface area contributed by atoms with E-state index in [4.69, 9.17) is 0 Å². The fourth-order valence-corrected chi connectivity index (χ4v) is 2.33. The molecule has 1 aromatic rings. The molecule has 1 radical (unpaired) electrons. The first kappa shape index (κ1) is 13.6. The van der Waals surface area contributed by atoms with Crippen molar-refractivity contribution in [3.8, 4) is 0 Å². The maximum Gasteiger partial charge on any atom is 0.229 e.